The Labute approximate surface area is 109 Å². The first-order valence-corrected chi connectivity index (χ1v) is 5.57. The van der Waals surface area contributed by atoms with Crippen molar-refractivity contribution >= 4 is 40.1 Å². The van der Waals surface area contributed by atoms with Crippen LogP contribution in [0.25, 0.3) is 0 Å². The Morgan fingerprint density at radius 2 is 2.19 bits per heavy atom. The topological polar surface area (TPSA) is 52.3 Å². The zero-order valence-corrected chi connectivity index (χ0v) is 10.8. The third kappa shape index (κ3) is 3.44. The molecule has 0 radical (unpaired) electrons. The van der Waals surface area contributed by atoms with Gasteiger partial charge in [-0.3, -0.25) is 4.79 Å². The molecule has 0 aromatic heterocycles. The largest absolute Gasteiger partial charge is 0.487 e. The minimum Gasteiger partial charge on any atom is -0.487 e. The molecule has 0 bridgehead atoms. The SMILES string of the molecule is NC(=O)c1cc(Cl)c(I)cc1OCC(F)F. The van der Waals surface area contributed by atoms with Crippen molar-refractivity contribution in [1.82, 2.24) is 0 Å². The molecule has 0 unspecified atom stereocenters. The lowest BCUT2D eigenvalue weighted by molar-refractivity contribution is 0.0800. The fourth-order valence-corrected chi connectivity index (χ4v) is 1.60. The van der Waals surface area contributed by atoms with E-state index in [1.165, 1.54) is 12.1 Å². The van der Waals surface area contributed by atoms with Crippen molar-refractivity contribution in [2.24, 2.45) is 5.73 Å². The van der Waals surface area contributed by atoms with Gasteiger partial charge in [0.2, 0.25) is 0 Å². The van der Waals surface area contributed by atoms with E-state index in [0.29, 0.717) is 8.59 Å². The highest BCUT2D eigenvalue weighted by atomic mass is 127. The zero-order chi connectivity index (χ0) is 12.3. The molecule has 7 heteroatoms. The smallest absolute Gasteiger partial charge is 0.272 e. The van der Waals surface area contributed by atoms with E-state index < -0.39 is 18.9 Å². The number of nitrogens with two attached hydrogens (primary N) is 1. The second-order valence-corrected chi connectivity index (χ2v) is 4.40. The Bertz CT molecular complexity index is 415. The number of carbonyl (C=O) groups is 1. The lowest BCUT2D eigenvalue weighted by Gasteiger charge is -2.10. The number of primary amides is 1. The van der Waals surface area contributed by atoms with Crippen LogP contribution in [0, 0.1) is 3.57 Å². The van der Waals surface area contributed by atoms with Gasteiger partial charge in [0.15, 0.2) is 0 Å². The van der Waals surface area contributed by atoms with Gasteiger partial charge in [-0.15, -0.1) is 0 Å². The number of alkyl halides is 2. The van der Waals surface area contributed by atoms with Crippen LogP contribution in [0.4, 0.5) is 8.78 Å². The van der Waals surface area contributed by atoms with E-state index >= 15 is 0 Å². The first kappa shape index (κ1) is 13.4. The van der Waals surface area contributed by atoms with E-state index in [-0.39, 0.29) is 11.3 Å². The maximum Gasteiger partial charge on any atom is 0.272 e. The van der Waals surface area contributed by atoms with Gasteiger partial charge < -0.3 is 10.5 Å². The first-order valence-electron chi connectivity index (χ1n) is 4.11. The molecule has 3 nitrogen and oxygen atoms in total. The molecule has 88 valence electrons. The molecule has 1 rings (SSSR count). The normalized spacial score (nSPS) is 10.6. The molecule has 1 aromatic rings. The predicted octanol–water partition coefficient (Wildman–Crippen LogP) is 2.69. The lowest BCUT2D eigenvalue weighted by atomic mass is 10.2. The zero-order valence-electron chi connectivity index (χ0n) is 7.84. The van der Waals surface area contributed by atoms with Crippen LogP contribution in [0.5, 0.6) is 5.75 Å². The Kier molecular flexibility index (Phi) is 4.72. The molecule has 16 heavy (non-hydrogen) atoms. The molecule has 0 saturated heterocycles. The standard InChI is InChI=1S/C9H7ClF2INO2/c10-5-1-4(9(14)15)7(2-6(5)13)16-3-8(11)12/h1-2,8H,3H2,(H2,14,15). The van der Waals surface area contributed by atoms with Gasteiger partial charge in [0, 0.05) is 3.57 Å². The van der Waals surface area contributed by atoms with Crippen molar-refractivity contribution in [2.45, 2.75) is 6.43 Å². The van der Waals surface area contributed by atoms with Crippen LogP contribution >= 0.6 is 34.2 Å². The van der Waals surface area contributed by atoms with E-state index in [1.807, 2.05) is 22.6 Å². The molecule has 0 aliphatic carbocycles. The van der Waals surface area contributed by atoms with E-state index in [4.69, 9.17) is 22.1 Å². The van der Waals surface area contributed by atoms with Gasteiger partial charge in [-0.2, -0.15) is 0 Å². The van der Waals surface area contributed by atoms with Gasteiger partial charge in [-0.25, -0.2) is 8.78 Å². The van der Waals surface area contributed by atoms with E-state index in [2.05, 4.69) is 0 Å². The van der Waals surface area contributed by atoms with Gasteiger partial charge in [0.05, 0.1) is 10.6 Å². The van der Waals surface area contributed by atoms with Gasteiger partial charge in [-0.1, -0.05) is 11.6 Å². The van der Waals surface area contributed by atoms with Gasteiger partial charge in [0.25, 0.3) is 12.3 Å². The summed E-state index contributed by atoms with van der Waals surface area (Å²) < 4.78 is 29.3. The number of hydrogen-bond acceptors (Lipinski definition) is 2. The van der Waals surface area contributed by atoms with Crippen LogP contribution < -0.4 is 10.5 Å². The third-order valence-corrected chi connectivity index (χ3v) is 3.18. The number of rotatable bonds is 4. The summed E-state index contributed by atoms with van der Waals surface area (Å²) in [5.74, 6) is -0.760. The number of ether oxygens (including phenoxy) is 1. The van der Waals surface area contributed by atoms with E-state index in [9.17, 15) is 13.6 Å². The van der Waals surface area contributed by atoms with Crippen LogP contribution in [0.1, 0.15) is 10.4 Å². The number of hydrogen-bond donors (Lipinski definition) is 1. The van der Waals surface area contributed by atoms with Crippen molar-refractivity contribution in [2.75, 3.05) is 6.61 Å². The summed E-state index contributed by atoms with van der Waals surface area (Å²) in [7, 11) is 0. The Balaban J connectivity index is 3.05. The van der Waals surface area contributed by atoms with Gasteiger partial charge >= 0.3 is 0 Å². The van der Waals surface area contributed by atoms with Crippen LogP contribution in [-0.2, 0) is 0 Å². The Morgan fingerprint density at radius 1 is 1.56 bits per heavy atom. The first-order chi connectivity index (χ1) is 7.41. The van der Waals surface area contributed by atoms with Crippen molar-refractivity contribution in [3.8, 4) is 5.75 Å². The average molecular weight is 362 g/mol. The monoisotopic (exact) mass is 361 g/mol. The molecule has 2 N–H and O–H groups in total. The van der Waals surface area contributed by atoms with Crippen LogP contribution in [0.15, 0.2) is 12.1 Å². The van der Waals surface area contributed by atoms with Gasteiger partial charge in [0.1, 0.15) is 12.4 Å². The highest BCUT2D eigenvalue weighted by Gasteiger charge is 2.14. The van der Waals surface area contributed by atoms with Crippen molar-refractivity contribution in [1.29, 1.82) is 0 Å². The molecule has 0 atom stereocenters. The third-order valence-electron chi connectivity index (χ3n) is 1.65. The summed E-state index contributed by atoms with van der Waals surface area (Å²) in [6, 6.07) is 2.69. The fraction of sp³-hybridized carbons (Fsp3) is 0.222. The summed E-state index contributed by atoms with van der Waals surface area (Å²) in [6.07, 6.45) is -2.62. The second-order valence-electron chi connectivity index (χ2n) is 2.83. The molecule has 0 aliphatic rings. The molecule has 0 fully saturated rings. The molecule has 0 saturated carbocycles. The summed E-state index contributed by atoms with van der Waals surface area (Å²) in [6.45, 7) is -0.794. The molecule has 0 spiro atoms. The maximum atomic E-state index is 12.0. The quantitative estimate of drug-likeness (QED) is 0.839. The number of benzene rings is 1. The Morgan fingerprint density at radius 3 is 2.69 bits per heavy atom. The number of amides is 1. The lowest BCUT2D eigenvalue weighted by Crippen LogP contribution is -2.15. The molecular formula is C9H7ClF2INO2. The summed E-state index contributed by atoms with van der Waals surface area (Å²) in [5, 5.41) is 0.318. The summed E-state index contributed by atoms with van der Waals surface area (Å²) in [4.78, 5) is 11.0. The van der Waals surface area contributed by atoms with Crippen LogP contribution in [0.2, 0.25) is 5.02 Å². The molecular weight excluding hydrogens is 354 g/mol. The van der Waals surface area contributed by atoms with E-state index in [1.54, 1.807) is 0 Å². The molecule has 0 aliphatic heterocycles. The second kappa shape index (κ2) is 5.62. The van der Waals surface area contributed by atoms with Gasteiger partial charge in [-0.05, 0) is 34.7 Å². The Hall–Kier alpha value is -0.630. The molecule has 1 aromatic carbocycles. The number of carbonyl (C=O) groups excluding carboxylic acids is 1. The minimum absolute atomic E-state index is 0.00827. The molecule has 0 heterocycles. The number of halogens is 4. The average Bonchev–Trinajstić information content (AvgIpc) is 2.18. The van der Waals surface area contributed by atoms with E-state index in [0.717, 1.165) is 0 Å². The summed E-state index contributed by atoms with van der Waals surface area (Å²) >= 11 is 7.67. The summed E-state index contributed by atoms with van der Waals surface area (Å²) in [5.41, 5.74) is 5.06. The predicted molar refractivity (Wildman–Crippen MR) is 64.2 cm³/mol. The molecule has 1 amide bonds. The highest BCUT2D eigenvalue weighted by molar-refractivity contribution is 14.1. The minimum atomic E-state index is -2.62. The fourth-order valence-electron chi connectivity index (χ4n) is 0.993. The van der Waals surface area contributed by atoms with Crippen molar-refractivity contribution in [3.63, 3.8) is 0 Å². The van der Waals surface area contributed by atoms with Crippen LogP contribution in [-0.4, -0.2) is 18.9 Å². The van der Waals surface area contributed by atoms with Crippen molar-refractivity contribution in [3.05, 3.63) is 26.3 Å². The van der Waals surface area contributed by atoms with Crippen LogP contribution in [0.3, 0.4) is 0 Å². The highest BCUT2D eigenvalue weighted by Crippen LogP contribution is 2.28. The maximum absolute atomic E-state index is 12.0. The van der Waals surface area contributed by atoms with Crippen molar-refractivity contribution < 1.29 is 18.3 Å².